The van der Waals surface area contributed by atoms with E-state index in [4.69, 9.17) is 21.1 Å². The molecule has 5 atom stereocenters. The van der Waals surface area contributed by atoms with Crippen LogP contribution in [0.4, 0.5) is 0 Å². The molecule has 1 aliphatic carbocycles. The van der Waals surface area contributed by atoms with Crippen LogP contribution in [-0.2, 0) is 14.3 Å². The van der Waals surface area contributed by atoms with Gasteiger partial charge in [0.2, 0.25) is 0 Å². The highest BCUT2D eigenvalue weighted by Gasteiger charge is 2.41. The quantitative estimate of drug-likeness (QED) is 0.213. The summed E-state index contributed by atoms with van der Waals surface area (Å²) in [5.41, 5.74) is 2.01. The third kappa shape index (κ3) is 9.01. The Morgan fingerprint density at radius 2 is 1.91 bits per heavy atom. The molecule has 1 aromatic rings. The van der Waals surface area contributed by atoms with Gasteiger partial charge in [0.05, 0.1) is 25.4 Å². The zero-order chi connectivity index (χ0) is 25.0. The zero-order valence-electron chi connectivity index (χ0n) is 21.2. The van der Waals surface area contributed by atoms with Crippen molar-refractivity contribution < 1.29 is 24.5 Å². The zero-order valence-corrected chi connectivity index (χ0v) is 22.0. The predicted octanol–water partition coefficient (Wildman–Crippen LogP) is 4.81. The van der Waals surface area contributed by atoms with Gasteiger partial charge in [0.1, 0.15) is 6.61 Å². The summed E-state index contributed by atoms with van der Waals surface area (Å²) in [4.78, 5) is 14.4. The molecule has 0 aromatic heterocycles. The molecule has 0 radical (unpaired) electrons. The Bertz CT molecular complexity index is 739. The van der Waals surface area contributed by atoms with Crippen molar-refractivity contribution >= 4 is 17.6 Å². The van der Waals surface area contributed by atoms with E-state index in [0.717, 1.165) is 88.9 Å². The summed E-state index contributed by atoms with van der Waals surface area (Å²) in [5, 5.41) is 21.1. The Balaban J connectivity index is 1.41. The van der Waals surface area contributed by atoms with Crippen LogP contribution in [-0.4, -0.2) is 72.0 Å². The number of hydrogen-bond acceptors (Lipinski definition) is 6. The molecule has 1 aromatic carbocycles. The molecule has 1 saturated carbocycles. The summed E-state index contributed by atoms with van der Waals surface area (Å²) < 4.78 is 10.7. The molecule has 1 saturated heterocycles. The normalized spacial score (nSPS) is 26.1. The summed E-state index contributed by atoms with van der Waals surface area (Å²) in [6, 6.07) is 8.06. The van der Waals surface area contributed by atoms with E-state index in [-0.39, 0.29) is 23.2 Å². The van der Waals surface area contributed by atoms with Crippen LogP contribution in [0.5, 0.6) is 0 Å². The van der Waals surface area contributed by atoms with Gasteiger partial charge in [-0.25, -0.2) is 0 Å². The van der Waals surface area contributed by atoms with Gasteiger partial charge < -0.3 is 19.7 Å². The van der Waals surface area contributed by atoms with E-state index in [1.165, 1.54) is 0 Å². The Hall–Kier alpha value is -1.18. The van der Waals surface area contributed by atoms with Crippen molar-refractivity contribution in [2.24, 2.45) is 5.92 Å². The Labute approximate surface area is 215 Å². The number of morpholine rings is 1. The lowest BCUT2D eigenvalue weighted by molar-refractivity contribution is -0.144. The Kier molecular flexibility index (Phi) is 12.3. The average Bonchev–Trinajstić information content (AvgIpc) is 3.15. The molecule has 1 aliphatic heterocycles. The third-order valence-electron chi connectivity index (χ3n) is 7.54. The number of alkyl halides is 1. The molecular weight excluding hydrogens is 466 g/mol. The first-order valence-electron chi connectivity index (χ1n) is 13.5. The third-order valence-corrected chi connectivity index (χ3v) is 8.04. The van der Waals surface area contributed by atoms with Crippen LogP contribution in [0.15, 0.2) is 24.3 Å². The number of rotatable bonds is 14. The molecule has 2 fully saturated rings. The SMILES string of the molecule is CCCCC[C@@H](O)c1ccc([C@@H]2[C@@H](CCCCC(=O)OCCN3CCOCC3)[C@H](Cl)C[C@H]2O)cc1. The van der Waals surface area contributed by atoms with Gasteiger partial charge in [0, 0.05) is 37.4 Å². The van der Waals surface area contributed by atoms with E-state index in [9.17, 15) is 15.0 Å². The van der Waals surface area contributed by atoms with Crippen molar-refractivity contribution in [1.29, 1.82) is 0 Å². The van der Waals surface area contributed by atoms with E-state index < -0.39 is 12.2 Å². The van der Waals surface area contributed by atoms with Crippen molar-refractivity contribution in [2.45, 2.75) is 88.2 Å². The number of ether oxygens (including phenoxy) is 2. The number of nitrogens with zero attached hydrogens (tertiary/aromatic N) is 1. The molecule has 1 heterocycles. The van der Waals surface area contributed by atoms with E-state index in [2.05, 4.69) is 11.8 Å². The Morgan fingerprint density at radius 3 is 2.63 bits per heavy atom. The topological polar surface area (TPSA) is 79.2 Å². The number of esters is 1. The maximum absolute atomic E-state index is 12.1. The fraction of sp³-hybridized carbons (Fsp3) is 0.750. The first-order chi connectivity index (χ1) is 17.0. The van der Waals surface area contributed by atoms with Crippen LogP contribution in [0, 0.1) is 5.92 Å². The number of halogens is 1. The second-order valence-electron chi connectivity index (χ2n) is 10.1. The first-order valence-corrected chi connectivity index (χ1v) is 14.0. The highest BCUT2D eigenvalue weighted by atomic mass is 35.5. The van der Waals surface area contributed by atoms with Crippen molar-refractivity contribution in [1.82, 2.24) is 4.90 Å². The molecule has 6 nitrogen and oxygen atoms in total. The minimum absolute atomic E-state index is 0.00995. The molecule has 35 heavy (non-hydrogen) atoms. The molecule has 0 amide bonds. The van der Waals surface area contributed by atoms with Crippen LogP contribution in [0.3, 0.4) is 0 Å². The number of unbranched alkanes of at least 4 members (excludes halogenated alkanes) is 3. The minimum atomic E-state index is -0.465. The maximum Gasteiger partial charge on any atom is 0.305 e. The lowest BCUT2D eigenvalue weighted by Crippen LogP contribution is -2.38. The molecule has 0 unspecified atom stereocenters. The number of benzene rings is 1. The largest absolute Gasteiger partial charge is 0.464 e. The highest BCUT2D eigenvalue weighted by Crippen LogP contribution is 2.45. The molecule has 198 valence electrons. The van der Waals surface area contributed by atoms with E-state index in [1.54, 1.807) is 0 Å². The molecular formula is C28H44ClNO5. The van der Waals surface area contributed by atoms with E-state index in [1.807, 2.05) is 24.3 Å². The van der Waals surface area contributed by atoms with Crippen molar-refractivity contribution in [3.63, 3.8) is 0 Å². The molecule has 2 aliphatic rings. The first kappa shape index (κ1) is 28.4. The van der Waals surface area contributed by atoms with E-state index >= 15 is 0 Å². The number of hydrogen-bond donors (Lipinski definition) is 2. The van der Waals surface area contributed by atoms with Crippen LogP contribution in [0.2, 0.25) is 0 Å². The van der Waals surface area contributed by atoms with Crippen LogP contribution < -0.4 is 0 Å². The van der Waals surface area contributed by atoms with Crippen molar-refractivity contribution in [3.8, 4) is 0 Å². The predicted molar refractivity (Wildman–Crippen MR) is 139 cm³/mol. The summed E-state index contributed by atoms with van der Waals surface area (Å²) in [5.74, 6) is 0.0189. The monoisotopic (exact) mass is 509 g/mol. The fourth-order valence-corrected chi connectivity index (χ4v) is 5.89. The van der Waals surface area contributed by atoms with Gasteiger partial charge in [0.25, 0.3) is 0 Å². The van der Waals surface area contributed by atoms with Crippen LogP contribution in [0.25, 0.3) is 0 Å². The van der Waals surface area contributed by atoms with Gasteiger partial charge in [-0.05, 0) is 42.7 Å². The standard InChI is InChI=1S/C28H44ClNO5/c1-2-3-4-8-25(31)21-10-12-22(13-11-21)28-23(24(29)20-26(28)32)7-5-6-9-27(33)35-19-16-30-14-17-34-18-15-30/h10-13,23-26,28,31-32H,2-9,14-20H2,1H3/t23-,24+,25+,26+,28+/m0/s1. The Morgan fingerprint density at radius 1 is 1.17 bits per heavy atom. The average molecular weight is 510 g/mol. The fourth-order valence-electron chi connectivity index (χ4n) is 5.42. The van der Waals surface area contributed by atoms with Gasteiger partial charge in [-0.1, -0.05) is 56.9 Å². The number of aliphatic hydroxyl groups excluding tert-OH is 2. The second-order valence-corrected chi connectivity index (χ2v) is 10.7. The van der Waals surface area contributed by atoms with Gasteiger partial charge >= 0.3 is 5.97 Å². The molecule has 0 bridgehead atoms. The van der Waals surface area contributed by atoms with Gasteiger partial charge in [-0.2, -0.15) is 0 Å². The molecule has 0 spiro atoms. The molecule has 2 N–H and O–H groups in total. The summed E-state index contributed by atoms with van der Waals surface area (Å²) in [6.45, 7) is 6.65. The number of carbonyl (C=O) groups excluding carboxylic acids is 1. The molecule has 3 rings (SSSR count). The van der Waals surface area contributed by atoms with Crippen molar-refractivity contribution in [2.75, 3.05) is 39.5 Å². The smallest absolute Gasteiger partial charge is 0.305 e. The van der Waals surface area contributed by atoms with Gasteiger partial charge in [0.15, 0.2) is 0 Å². The number of carbonyl (C=O) groups is 1. The summed E-state index contributed by atoms with van der Waals surface area (Å²) in [6.07, 6.45) is 6.70. The van der Waals surface area contributed by atoms with Gasteiger partial charge in [-0.15, -0.1) is 11.6 Å². The lowest BCUT2D eigenvalue weighted by Gasteiger charge is -2.26. The van der Waals surface area contributed by atoms with Crippen molar-refractivity contribution in [3.05, 3.63) is 35.4 Å². The van der Waals surface area contributed by atoms with Crippen LogP contribution in [0.1, 0.15) is 87.9 Å². The highest BCUT2D eigenvalue weighted by molar-refractivity contribution is 6.21. The summed E-state index contributed by atoms with van der Waals surface area (Å²) in [7, 11) is 0. The second kappa shape index (κ2) is 15.2. The summed E-state index contributed by atoms with van der Waals surface area (Å²) >= 11 is 6.65. The lowest BCUT2D eigenvalue weighted by atomic mass is 9.83. The maximum atomic E-state index is 12.1. The van der Waals surface area contributed by atoms with E-state index in [0.29, 0.717) is 19.4 Å². The minimum Gasteiger partial charge on any atom is -0.464 e. The number of aliphatic hydroxyl groups is 2. The molecule has 7 heteroatoms. The van der Waals surface area contributed by atoms with Crippen LogP contribution >= 0.6 is 11.6 Å². The van der Waals surface area contributed by atoms with Gasteiger partial charge in [-0.3, -0.25) is 9.69 Å².